The maximum atomic E-state index is 13.7. The van der Waals surface area contributed by atoms with Crippen LogP contribution in [0, 0.1) is 18.6 Å². The van der Waals surface area contributed by atoms with Gasteiger partial charge >= 0.3 is 5.97 Å². The number of nitrogens with two attached hydrogens (primary N) is 1. The van der Waals surface area contributed by atoms with Crippen LogP contribution in [-0.2, 0) is 11.2 Å². The van der Waals surface area contributed by atoms with E-state index in [1.807, 2.05) is 13.8 Å². The molecule has 0 bridgehead atoms. The molecule has 0 fully saturated rings. The van der Waals surface area contributed by atoms with Crippen LogP contribution in [0.15, 0.2) is 36.4 Å². The molecule has 0 heterocycles. The van der Waals surface area contributed by atoms with Crippen LogP contribution < -0.4 is 11.1 Å². The van der Waals surface area contributed by atoms with Crippen LogP contribution >= 0.6 is 0 Å². The summed E-state index contributed by atoms with van der Waals surface area (Å²) in [4.78, 5) is 28.1. The largest absolute Gasteiger partial charge is 0.456 e. The summed E-state index contributed by atoms with van der Waals surface area (Å²) in [6.07, 6.45) is 0.622. The number of aliphatic hydroxyl groups is 2. The van der Waals surface area contributed by atoms with Gasteiger partial charge in [-0.25, -0.2) is 13.6 Å². The van der Waals surface area contributed by atoms with E-state index in [4.69, 9.17) is 10.5 Å². The third kappa shape index (κ3) is 9.43. The normalized spacial score (nSPS) is 12.9. The van der Waals surface area contributed by atoms with Crippen molar-refractivity contribution in [3.63, 3.8) is 0 Å². The molecule has 2 atom stereocenters. The number of nitrogens with zero attached hydrogens (tertiary/aromatic N) is 1. The molecule has 1 amide bonds. The van der Waals surface area contributed by atoms with Gasteiger partial charge in [0.05, 0.1) is 24.8 Å². The number of ether oxygens (including phenoxy) is 1. The summed E-state index contributed by atoms with van der Waals surface area (Å²) in [5.74, 6) is -2.41. The van der Waals surface area contributed by atoms with Crippen molar-refractivity contribution in [3.05, 3.63) is 70.3 Å². The SMILES string of the molecule is CCCN(CCC)C(=O)c1cc(C)cc(C(=O)O[C@H](CNC(CO)CO)[C@@H](N)Cc2cc(F)cc(F)c2)c1. The van der Waals surface area contributed by atoms with E-state index in [9.17, 15) is 28.6 Å². The number of rotatable bonds is 15. The monoisotopic (exact) mass is 535 g/mol. The van der Waals surface area contributed by atoms with Crippen molar-refractivity contribution in [2.45, 2.75) is 58.2 Å². The Morgan fingerprint density at radius 2 is 1.55 bits per heavy atom. The van der Waals surface area contributed by atoms with Crippen molar-refractivity contribution in [1.29, 1.82) is 0 Å². The van der Waals surface area contributed by atoms with Crippen molar-refractivity contribution in [3.8, 4) is 0 Å². The van der Waals surface area contributed by atoms with E-state index < -0.39 is 35.8 Å². The summed E-state index contributed by atoms with van der Waals surface area (Å²) in [6.45, 7) is 6.18. The summed E-state index contributed by atoms with van der Waals surface area (Å²) < 4.78 is 33.1. The van der Waals surface area contributed by atoms with Crippen molar-refractivity contribution < 1.29 is 33.3 Å². The molecule has 0 saturated heterocycles. The number of carbonyl (C=O) groups excluding carboxylic acids is 2. The van der Waals surface area contributed by atoms with Gasteiger partial charge in [-0.3, -0.25) is 4.79 Å². The highest BCUT2D eigenvalue weighted by molar-refractivity contribution is 5.98. The topological polar surface area (TPSA) is 125 Å². The Morgan fingerprint density at radius 3 is 2.11 bits per heavy atom. The second-order valence-corrected chi connectivity index (χ2v) is 9.44. The zero-order valence-electron chi connectivity index (χ0n) is 22.3. The zero-order valence-corrected chi connectivity index (χ0v) is 22.3. The highest BCUT2D eigenvalue weighted by atomic mass is 19.1. The van der Waals surface area contributed by atoms with Gasteiger partial charge in [-0.05, 0) is 67.6 Å². The van der Waals surface area contributed by atoms with Crippen LogP contribution in [0.5, 0.6) is 0 Å². The summed E-state index contributed by atoms with van der Waals surface area (Å²) in [5.41, 5.74) is 7.83. The number of esters is 1. The van der Waals surface area contributed by atoms with Gasteiger partial charge in [-0.2, -0.15) is 0 Å². The van der Waals surface area contributed by atoms with Crippen LogP contribution in [0.25, 0.3) is 0 Å². The molecule has 0 spiro atoms. The van der Waals surface area contributed by atoms with Gasteiger partial charge in [0.25, 0.3) is 5.91 Å². The second kappa shape index (κ2) is 15.5. The lowest BCUT2D eigenvalue weighted by atomic mass is 10.0. The van der Waals surface area contributed by atoms with E-state index in [1.54, 1.807) is 24.0 Å². The van der Waals surface area contributed by atoms with Gasteiger partial charge in [0.1, 0.15) is 17.7 Å². The Balaban J connectivity index is 2.28. The molecule has 2 rings (SSSR count). The molecule has 2 aromatic rings. The minimum atomic E-state index is -0.981. The Morgan fingerprint density at radius 1 is 0.974 bits per heavy atom. The first kappa shape index (κ1) is 31.3. The molecule has 5 N–H and O–H groups in total. The standard InChI is InChI=1S/C28H39F2N3O5/c1-4-6-33(7-5-2)27(36)20-8-18(3)9-21(13-20)28(37)38-26(15-32-24(16-34)17-35)25(31)12-19-10-22(29)14-23(30)11-19/h8-11,13-14,24-26,32,34-35H,4-7,12,15-17,31H2,1-3H3/t25-,26+/m0/s1. The van der Waals surface area contributed by atoms with Gasteiger partial charge in [0.15, 0.2) is 0 Å². The quantitative estimate of drug-likeness (QED) is 0.258. The number of aryl methyl sites for hydroxylation is 1. The Kier molecular flexibility index (Phi) is 12.8. The van der Waals surface area contributed by atoms with Gasteiger partial charge in [0, 0.05) is 37.3 Å². The lowest BCUT2D eigenvalue weighted by molar-refractivity contribution is 0.0219. The number of aliphatic hydroxyl groups excluding tert-OH is 2. The highest BCUT2D eigenvalue weighted by Gasteiger charge is 2.26. The van der Waals surface area contributed by atoms with E-state index in [-0.39, 0.29) is 43.2 Å². The zero-order chi connectivity index (χ0) is 28.2. The van der Waals surface area contributed by atoms with Crippen molar-refractivity contribution in [2.24, 2.45) is 5.73 Å². The number of hydrogen-bond acceptors (Lipinski definition) is 7. The van der Waals surface area contributed by atoms with Crippen LogP contribution in [0.2, 0.25) is 0 Å². The summed E-state index contributed by atoms with van der Waals surface area (Å²) >= 11 is 0. The third-order valence-electron chi connectivity index (χ3n) is 6.01. The minimum Gasteiger partial charge on any atom is -0.456 e. The van der Waals surface area contributed by atoms with Crippen LogP contribution in [0.4, 0.5) is 8.78 Å². The smallest absolute Gasteiger partial charge is 0.338 e. The molecule has 10 heteroatoms. The van der Waals surface area contributed by atoms with Gasteiger partial charge in [-0.15, -0.1) is 0 Å². The molecule has 0 saturated carbocycles. The molecule has 8 nitrogen and oxygen atoms in total. The number of halogens is 2. The fraction of sp³-hybridized carbons (Fsp3) is 0.500. The lowest BCUT2D eigenvalue weighted by Crippen LogP contribution is -2.49. The number of amides is 1. The highest BCUT2D eigenvalue weighted by Crippen LogP contribution is 2.17. The maximum absolute atomic E-state index is 13.7. The van der Waals surface area contributed by atoms with Crippen molar-refractivity contribution in [1.82, 2.24) is 10.2 Å². The number of benzene rings is 2. The van der Waals surface area contributed by atoms with Crippen molar-refractivity contribution >= 4 is 11.9 Å². The number of nitrogens with one attached hydrogen (secondary N) is 1. The Hall–Kier alpha value is -2.92. The predicted molar refractivity (Wildman–Crippen MR) is 141 cm³/mol. The van der Waals surface area contributed by atoms with Crippen LogP contribution in [0.1, 0.15) is 58.5 Å². The average Bonchev–Trinajstić information content (AvgIpc) is 2.86. The molecule has 0 aliphatic carbocycles. The first-order chi connectivity index (χ1) is 18.1. The van der Waals surface area contributed by atoms with Gasteiger partial charge < -0.3 is 30.9 Å². The van der Waals surface area contributed by atoms with Gasteiger partial charge in [0.2, 0.25) is 0 Å². The van der Waals surface area contributed by atoms with Crippen LogP contribution in [0.3, 0.4) is 0 Å². The molecule has 0 radical (unpaired) electrons. The summed E-state index contributed by atoms with van der Waals surface area (Å²) in [7, 11) is 0. The summed E-state index contributed by atoms with van der Waals surface area (Å²) in [5, 5.41) is 21.7. The first-order valence-corrected chi connectivity index (χ1v) is 12.9. The first-order valence-electron chi connectivity index (χ1n) is 12.9. The van der Waals surface area contributed by atoms with Crippen LogP contribution in [-0.4, -0.2) is 78.0 Å². The van der Waals surface area contributed by atoms with E-state index in [1.165, 1.54) is 6.07 Å². The summed E-state index contributed by atoms with van der Waals surface area (Å²) in [6, 6.07) is 6.30. The molecule has 0 aliphatic heterocycles. The molecule has 2 aromatic carbocycles. The fourth-order valence-corrected chi connectivity index (χ4v) is 4.15. The second-order valence-electron chi connectivity index (χ2n) is 9.44. The molecule has 0 aromatic heterocycles. The number of hydrogen-bond donors (Lipinski definition) is 4. The van der Waals surface area contributed by atoms with E-state index in [2.05, 4.69) is 5.32 Å². The van der Waals surface area contributed by atoms with Crippen molar-refractivity contribution in [2.75, 3.05) is 32.8 Å². The maximum Gasteiger partial charge on any atom is 0.338 e. The lowest BCUT2D eigenvalue weighted by Gasteiger charge is -2.27. The predicted octanol–water partition coefficient (Wildman–Crippen LogP) is 2.57. The Labute approximate surface area is 222 Å². The molecule has 0 unspecified atom stereocenters. The Bertz CT molecular complexity index is 1040. The molecule has 0 aliphatic rings. The van der Waals surface area contributed by atoms with E-state index >= 15 is 0 Å². The third-order valence-corrected chi connectivity index (χ3v) is 6.01. The molecular formula is C28H39F2N3O5. The number of carbonyl (C=O) groups is 2. The molecule has 38 heavy (non-hydrogen) atoms. The van der Waals surface area contributed by atoms with E-state index in [0.717, 1.165) is 31.0 Å². The minimum absolute atomic E-state index is 0.00221. The molecule has 210 valence electrons. The molecular weight excluding hydrogens is 496 g/mol. The van der Waals surface area contributed by atoms with E-state index in [0.29, 0.717) is 24.2 Å². The fourth-order valence-electron chi connectivity index (χ4n) is 4.15. The van der Waals surface area contributed by atoms with Gasteiger partial charge in [-0.1, -0.05) is 13.8 Å². The average molecular weight is 536 g/mol.